The minimum Gasteiger partial charge on any atom is -0.456 e. The van der Waals surface area contributed by atoms with Crippen molar-refractivity contribution in [2.75, 3.05) is 51.0 Å². The Morgan fingerprint density at radius 1 is 1.23 bits per heavy atom. The van der Waals surface area contributed by atoms with E-state index in [1.54, 1.807) is 10.7 Å². The minimum atomic E-state index is -0.601. The first-order valence-electron chi connectivity index (χ1n) is 12.5. The van der Waals surface area contributed by atoms with Gasteiger partial charge in [-0.3, -0.25) is 0 Å². The molecular formula is C25H37FN8O. The normalized spacial score (nSPS) is 15.8. The van der Waals surface area contributed by atoms with Crippen molar-refractivity contribution in [1.82, 2.24) is 29.5 Å². The van der Waals surface area contributed by atoms with Crippen molar-refractivity contribution < 1.29 is 9.13 Å². The molecule has 0 amide bonds. The first-order valence-corrected chi connectivity index (χ1v) is 12.5. The van der Waals surface area contributed by atoms with Crippen LogP contribution in [0.1, 0.15) is 49.4 Å². The lowest BCUT2D eigenvalue weighted by atomic mass is 9.96. The van der Waals surface area contributed by atoms with Crippen LogP contribution in [-0.2, 0) is 6.42 Å². The van der Waals surface area contributed by atoms with Gasteiger partial charge in [-0.2, -0.15) is 4.98 Å². The van der Waals surface area contributed by atoms with Crippen molar-refractivity contribution in [3.8, 4) is 6.01 Å². The predicted molar refractivity (Wildman–Crippen MR) is 136 cm³/mol. The van der Waals surface area contributed by atoms with Crippen molar-refractivity contribution in [2.24, 2.45) is 5.92 Å². The molecule has 4 heterocycles. The molecule has 0 spiro atoms. The van der Waals surface area contributed by atoms with Crippen LogP contribution in [0.25, 0.3) is 5.65 Å². The fraction of sp³-hybridized carbons (Fsp3) is 0.600. The number of ether oxygens (including phenoxy) is 1. The largest absolute Gasteiger partial charge is 0.456 e. The molecule has 190 valence electrons. The van der Waals surface area contributed by atoms with E-state index in [9.17, 15) is 4.39 Å². The average molecular weight is 485 g/mol. The van der Waals surface area contributed by atoms with Crippen LogP contribution < -0.4 is 15.4 Å². The zero-order valence-electron chi connectivity index (χ0n) is 21.2. The number of hydrogen-bond donors (Lipinski definition) is 1. The number of fused-ring (bicyclic) bond motifs is 1. The molecule has 0 aliphatic carbocycles. The number of nitrogens with two attached hydrogens (primary N) is 1. The molecule has 1 aliphatic rings. The summed E-state index contributed by atoms with van der Waals surface area (Å²) in [6.07, 6.45) is 7.43. The van der Waals surface area contributed by atoms with E-state index < -0.39 is 12.8 Å². The summed E-state index contributed by atoms with van der Waals surface area (Å²) in [4.78, 5) is 18.0. The Balaban J connectivity index is 1.48. The van der Waals surface area contributed by atoms with Gasteiger partial charge < -0.3 is 20.3 Å². The Morgan fingerprint density at radius 3 is 2.66 bits per heavy atom. The summed E-state index contributed by atoms with van der Waals surface area (Å²) in [6.45, 7) is 6.71. The van der Waals surface area contributed by atoms with Crippen LogP contribution in [0.2, 0.25) is 0 Å². The molecule has 0 radical (unpaired) electrons. The lowest BCUT2D eigenvalue weighted by molar-refractivity contribution is 0.139. The van der Waals surface area contributed by atoms with E-state index in [4.69, 9.17) is 15.5 Å². The Hall–Kier alpha value is -3.01. The van der Waals surface area contributed by atoms with Crippen molar-refractivity contribution in [3.63, 3.8) is 0 Å². The molecule has 1 fully saturated rings. The number of rotatable bonds is 10. The lowest BCUT2D eigenvalue weighted by Crippen LogP contribution is -2.37. The maximum atomic E-state index is 13.3. The number of imidazole rings is 1. The number of aryl methyl sites for hydroxylation is 1. The highest BCUT2D eigenvalue weighted by atomic mass is 19.1. The Bertz CT molecular complexity index is 1130. The fourth-order valence-electron chi connectivity index (χ4n) is 4.84. The second kappa shape index (κ2) is 11.2. The quantitative estimate of drug-likeness (QED) is 0.468. The first kappa shape index (κ1) is 25.1. The van der Waals surface area contributed by atoms with Gasteiger partial charge in [0.1, 0.15) is 18.6 Å². The molecular weight excluding hydrogens is 447 g/mol. The van der Waals surface area contributed by atoms with E-state index in [2.05, 4.69) is 52.0 Å². The third-order valence-corrected chi connectivity index (χ3v) is 6.52. The minimum absolute atomic E-state index is 0.0627. The molecule has 1 atom stereocenters. The number of piperidine rings is 1. The molecule has 9 nitrogen and oxygen atoms in total. The topological polar surface area (TPSA) is 97.7 Å². The van der Waals surface area contributed by atoms with Gasteiger partial charge >= 0.3 is 6.01 Å². The van der Waals surface area contributed by atoms with Crippen LogP contribution in [0.4, 0.5) is 16.0 Å². The highest BCUT2D eigenvalue weighted by Gasteiger charge is 2.22. The molecule has 3 aromatic rings. The fourth-order valence-corrected chi connectivity index (χ4v) is 4.84. The van der Waals surface area contributed by atoms with Crippen LogP contribution in [0.3, 0.4) is 0 Å². The molecule has 0 saturated carbocycles. The third kappa shape index (κ3) is 5.98. The highest BCUT2D eigenvalue weighted by Crippen LogP contribution is 2.26. The van der Waals surface area contributed by atoms with Gasteiger partial charge in [0.05, 0.1) is 11.9 Å². The number of halogens is 1. The summed E-state index contributed by atoms with van der Waals surface area (Å²) < 4.78 is 20.6. The Morgan fingerprint density at radius 2 is 2.00 bits per heavy atom. The van der Waals surface area contributed by atoms with Crippen LogP contribution in [0.5, 0.6) is 6.01 Å². The molecule has 4 rings (SSSR count). The van der Waals surface area contributed by atoms with Gasteiger partial charge in [-0.1, -0.05) is 19.4 Å². The van der Waals surface area contributed by atoms with Crippen molar-refractivity contribution in [3.05, 3.63) is 35.3 Å². The van der Waals surface area contributed by atoms with Crippen molar-refractivity contribution >= 4 is 17.3 Å². The van der Waals surface area contributed by atoms with E-state index in [0.29, 0.717) is 18.5 Å². The zero-order chi connectivity index (χ0) is 24.9. The van der Waals surface area contributed by atoms with Gasteiger partial charge in [-0.05, 0) is 57.3 Å². The van der Waals surface area contributed by atoms with E-state index in [1.165, 1.54) is 12.8 Å². The van der Waals surface area contributed by atoms with Crippen molar-refractivity contribution in [2.45, 2.75) is 52.1 Å². The Labute approximate surface area is 206 Å². The number of alkyl halides is 1. The number of aromatic nitrogens is 5. The molecule has 35 heavy (non-hydrogen) atoms. The number of anilines is 2. The highest BCUT2D eigenvalue weighted by molar-refractivity contribution is 5.60. The van der Waals surface area contributed by atoms with E-state index >= 15 is 0 Å². The number of hydrogen-bond acceptors (Lipinski definition) is 8. The van der Waals surface area contributed by atoms with Gasteiger partial charge in [-0.15, -0.1) is 5.10 Å². The van der Waals surface area contributed by atoms with Crippen molar-refractivity contribution in [1.29, 1.82) is 0 Å². The summed E-state index contributed by atoms with van der Waals surface area (Å²) in [6, 6.07) is 2.24. The van der Waals surface area contributed by atoms with Gasteiger partial charge in [-0.25, -0.2) is 18.9 Å². The molecule has 2 N–H and O–H groups in total. The summed E-state index contributed by atoms with van der Waals surface area (Å²) in [7, 11) is 4.28. The molecule has 1 saturated heterocycles. The van der Waals surface area contributed by atoms with Crippen LogP contribution >= 0.6 is 0 Å². The van der Waals surface area contributed by atoms with Crippen LogP contribution in [0, 0.1) is 12.8 Å². The number of nitrogens with zero attached hydrogens (tertiary/aromatic N) is 7. The van der Waals surface area contributed by atoms with E-state index in [1.807, 2.05) is 13.1 Å². The summed E-state index contributed by atoms with van der Waals surface area (Å²) in [5, 5.41) is 4.45. The lowest BCUT2D eigenvalue weighted by Gasteiger charge is -2.34. The van der Waals surface area contributed by atoms with E-state index in [0.717, 1.165) is 54.6 Å². The summed E-state index contributed by atoms with van der Waals surface area (Å²) in [5.74, 6) is 2.02. The van der Waals surface area contributed by atoms with Crippen LogP contribution in [-0.4, -0.2) is 76.0 Å². The molecule has 0 bridgehead atoms. The smallest absolute Gasteiger partial charge is 0.336 e. The average Bonchev–Trinajstić information content (AvgIpc) is 3.22. The molecule has 10 heteroatoms. The van der Waals surface area contributed by atoms with Gasteiger partial charge in [0.15, 0.2) is 11.5 Å². The number of nitrogen functional groups attached to an aromatic ring is 1. The van der Waals surface area contributed by atoms with Gasteiger partial charge in [0.25, 0.3) is 0 Å². The third-order valence-electron chi connectivity index (χ3n) is 6.52. The predicted octanol–water partition coefficient (Wildman–Crippen LogP) is 3.30. The molecule has 1 aliphatic heterocycles. The maximum Gasteiger partial charge on any atom is 0.336 e. The van der Waals surface area contributed by atoms with Gasteiger partial charge in [0, 0.05) is 32.3 Å². The summed E-state index contributed by atoms with van der Waals surface area (Å²) in [5.41, 5.74) is 9.60. The second-order valence-electron chi connectivity index (χ2n) is 9.80. The number of pyridine rings is 1. The first-order chi connectivity index (χ1) is 16.9. The maximum absolute atomic E-state index is 13.3. The Kier molecular flexibility index (Phi) is 8.00. The second-order valence-corrected chi connectivity index (χ2v) is 9.80. The van der Waals surface area contributed by atoms with E-state index in [-0.39, 0.29) is 11.8 Å². The zero-order valence-corrected chi connectivity index (χ0v) is 21.2. The van der Waals surface area contributed by atoms with Gasteiger partial charge in [0.2, 0.25) is 0 Å². The standard InChI is InChI=1S/C25H37FN8O/c1-5-6-21(13-26)35-25-30-22(27)24-29-15-20(34(24)31-25)12-19-11-17(2)23(28-14-19)33-9-7-18(8-10-33)16-32(3)4/h11,14-15,18,21H,5-10,12-13,16H2,1-4H3,(H2,27,30,31). The SMILES string of the molecule is CCCC(CF)Oc1nc(N)c2ncc(Cc3cnc(N4CCC(CN(C)C)CC4)c(C)c3)n2n1. The molecule has 1 unspecified atom stereocenters. The molecule has 3 aromatic heterocycles. The summed E-state index contributed by atoms with van der Waals surface area (Å²) >= 11 is 0. The molecule has 0 aromatic carbocycles. The van der Waals surface area contributed by atoms with Crippen LogP contribution in [0.15, 0.2) is 18.5 Å². The monoisotopic (exact) mass is 484 g/mol.